The van der Waals surface area contributed by atoms with Crippen molar-refractivity contribution in [1.29, 1.82) is 0 Å². The first kappa shape index (κ1) is 16.1. The lowest BCUT2D eigenvalue weighted by atomic mass is 9.90. The van der Waals surface area contributed by atoms with Gasteiger partial charge in [0, 0.05) is 23.2 Å². The minimum atomic E-state index is -0.135. The molecular formula is C15H24N4OS. The molecule has 6 heteroatoms. The number of anilines is 1. The molecule has 1 aromatic rings. The number of nitrogens with two attached hydrogens (primary N) is 1. The molecule has 0 spiro atoms. The van der Waals surface area contributed by atoms with Gasteiger partial charge in [-0.3, -0.25) is 4.79 Å². The van der Waals surface area contributed by atoms with Crippen molar-refractivity contribution >= 4 is 23.5 Å². The monoisotopic (exact) mass is 308 g/mol. The van der Waals surface area contributed by atoms with Crippen LogP contribution in [0.15, 0.2) is 12.1 Å². The number of aromatic nitrogens is 1. The van der Waals surface area contributed by atoms with Crippen LogP contribution in [0, 0.1) is 5.92 Å². The van der Waals surface area contributed by atoms with Gasteiger partial charge < -0.3 is 10.7 Å². The lowest BCUT2D eigenvalue weighted by Crippen LogP contribution is -2.30. The highest BCUT2D eigenvalue weighted by atomic mass is 32.2. The summed E-state index contributed by atoms with van der Waals surface area (Å²) < 4.78 is 0. The number of hydrazine groups is 1. The molecule has 1 amide bonds. The fourth-order valence-electron chi connectivity index (χ4n) is 2.20. The topological polar surface area (TPSA) is 80.0 Å². The molecule has 1 atom stereocenters. The number of hydrogen-bond acceptors (Lipinski definition) is 5. The number of hydrogen-bond donors (Lipinski definition) is 3. The number of nitrogens with one attached hydrogen (secondary N) is 2. The van der Waals surface area contributed by atoms with E-state index in [1.54, 1.807) is 6.07 Å². The molecular weight excluding hydrogens is 284 g/mol. The minimum absolute atomic E-state index is 0.0590. The molecule has 1 unspecified atom stereocenters. The molecule has 1 aliphatic heterocycles. The normalized spacial score (nSPS) is 18.6. The molecule has 2 rings (SSSR count). The number of carbonyl (C=O) groups excluding carboxylic acids is 1. The number of nitrogen functional groups attached to an aromatic ring is 1. The van der Waals surface area contributed by atoms with Gasteiger partial charge in [-0.1, -0.05) is 20.8 Å². The van der Waals surface area contributed by atoms with E-state index < -0.39 is 0 Å². The zero-order valence-corrected chi connectivity index (χ0v) is 13.7. The van der Waals surface area contributed by atoms with Gasteiger partial charge in [-0.2, -0.15) is 11.8 Å². The van der Waals surface area contributed by atoms with Gasteiger partial charge in [0.05, 0.1) is 0 Å². The highest BCUT2D eigenvalue weighted by molar-refractivity contribution is 7.99. The molecule has 0 saturated carbocycles. The van der Waals surface area contributed by atoms with Crippen molar-refractivity contribution < 1.29 is 4.79 Å². The Bertz CT molecular complexity index is 507. The van der Waals surface area contributed by atoms with Crippen LogP contribution in [-0.2, 0) is 5.41 Å². The van der Waals surface area contributed by atoms with Crippen molar-refractivity contribution in [3.63, 3.8) is 0 Å². The van der Waals surface area contributed by atoms with Crippen molar-refractivity contribution in [1.82, 2.24) is 10.3 Å². The molecule has 1 saturated heterocycles. The van der Waals surface area contributed by atoms with Crippen molar-refractivity contribution in [2.75, 3.05) is 23.5 Å². The average molecular weight is 308 g/mol. The third kappa shape index (κ3) is 4.35. The van der Waals surface area contributed by atoms with Gasteiger partial charge >= 0.3 is 0 Å². The summed E-state index contributed by atoms with van der Waals surface area (Å²) in [5.74, 6) is 8.85. The molecule has 0 bridgehead atoms. The van der Waals surface area contributed by atoms with Crippen LogP contribution in [-0.4, -0.2) is 28.9 Å². The fourth-order valence-corrected chi connectivity index (χ4v) is 3.49. The van der Waals surface area contributed by atoms with Crippen molar-refractivity contribution in [2.45, 2.75) is 32.6 Å². The van der Waals surface area contributed by atoms with E-state index in [1.165, 1.54) is 12.2 Å². The summed E-state index contributed by atoms with van der Waals surface area (Å²) in [6, 6.07) is 3.54. The SMILES string of the molecule is CC(C)(C)c1cc(C(=O)NCC2CCSC2)cc(NN)n1. The summed E-state index contributed by atoms with van der Waals surface area (Å²) in [5, 5.41) is 3.02. The largest absolute Gasteiger partial charge is 0.352 e. The van der Waals surface area contributed by atoms with Gasteiger partial charge in [-0.15, -0.1) is 0 Å². The molecule has 5 nitrogen and oxygen atoms in total. The summed E-state index contributed by atoms with van der Waals surface area (Å²) >= 11 is 1.95. The van der Waals surface area contributed by atoms with Gasteiger partial charge in [0.1, 0.15) is 5.82 Å². The first-order valence-electron chi connectivity index (χ1n) is 7.25. The van der Waals surface area contributed by atoms with E-state index in [0.717, 1.165) is 18.0 Å². The number of amides is 1. The van der Waals surface area contributed by atoms with Crippen LogP contribution < -0.4 is 16.6 Å². The number of nitrogens with zero attached hydrogens (tertiary/aromatic N) is 1. The second-order valence-electron chi connectivity index (χ2n) is 6.46. The van der Waals surface area contributed by atoms with Crippen LogP contribution >= 0.6 is 11.8 Å². The fraction of sp³-hybridized carbons (Fsp3) is 0.600. The van der Waals surface area contributed by atoms with Crippen molar-refractivity contribution in [3.05, 3.63) is 23.4 Å². The van der Waals surface area contributed by atoms with E-state index in [-0.39, 0.29) is 11.3 Å². The smallest absolute Gasteiger partial charge is 0.251 e. The van der Waals surface area contributed by atoms with Crippen LogP contribution in [0.4, 0.5) is 5.82 Å². The van der Waals surface area contributed by atoms with Gasteiger partial charge in [0.25, 0.3) is 5.91 Å². The van der Waals surface area contributed by atoms with Crippen LogP contribution in [0.1, 0.15) is 43.2 Å². The Hall–Kier alpha value is -1.27. The van der Waals surface area contributed by atoms with Crippen LogP contribution in [0.25, 0.3) is 0 Å². The van der Waals surface area contributed by atoms with Gasteiger partial charge in [0.15, 0.2) is 0 Å². The zero-order chi connectivity index (χ0) is 15.5. The van der Waals surface area contributed by atoms with E-state index in [9.17, 15) is 4.79 Å². The minimum Gasteiger partial charge on any atom is -0.352 e. The second-order valence-corrected chi connectivity index (χ2v) is 7.61. The lowest BCUT2D eigenvalue weighted by Gasteiger charge is -2.20. The molecule has 4 N–H and O–H groups in total. The van der Waals surface area contributed by atoms with Crippen LogP contribution in [0.5, 0.6) is 0 Å². The maximum Gasteiger partial charge on any atom is 0.251 e. The highest BCUT2D eigenvalue weighted by Crippen LogP contribution is 2.24. The Kier molecular flexibility index (Phi) is 5.11. The average Bonchev–Trinajstić information content (AvgIpc) is 2.96. The molecule has 1 aliphatic rings. The van der Waals surface area contributed by atoms with Gasteiger partial charge in [0.2, 0.25) is 0 Å². The first-order valence-corrected chi connectivity index (χ1v) is 8.41. The second kappa shape index (κ2) is 6.66. The maximum atomic E-state index is 12.3. The number of pyridine rings is 1. The van der Waals surface area contributed by atoms with Crippen LogP contribution in [0.2, 0.25) is 0 Å². The Labute approximate surface area is 130 Å². The predicted octanol–water partition coefficient (Wildman–Crippen LogP) is 2.15. The summed E-state index contributed by atoms with van der Waals surface area (Å²) in [5.41, 5.74) is 3.85. The van der Waals surface area contributed by atoms with Crippen molar-refractivity contribution in [2.24, 2.45) is 11.8 Å². The molecule has 1 fully saturated rings. The Morgan fingerprint density at radius 2 is 2.24 bits per heavy atom. The van der Waals surface area contributed by atoms with E-state index >= 15 is 0 Å². The number of carbonyl (C=O) groups is 1. The van der Waals surface area contributed by atoms with Crippen LogP contribution in [0.3, 0.4) is 0 Å². The van der Waals surface area contributed by atoms with Crippen molar-refractivity contribution in [3.8, 4) is 0 Å². The summed E-state index contributed by atoms with van der Waals surface area (Å²) in [4.78, 5) is 16.8. The zero-order valence-electron chi connectivity index (χ0n) is 12.9. The quantitative estimate of drug-likeness (QED) is 0.586. The number of thioether (sulfide) groups is 1. The Morgan fingerprint density at radius 1 is 1.48 bits per heavy atom. The molecule has 0 radical (unpaired) electrons. The first-order chi connectivity index (χ1) is 9.90. The molecule has 0 aromatic carbocycles. The van der Waals surface area contributed by atoms with E-state index in [2.05, 4.69) is 36.5 Å². The molecule has 1 aromatic heterocycles. The van der Waals surface area contributed by atoms with E-state index in [1.807, 2.05) is 17.8 Å². The third-order valence-electron chi connectivity index (χ3n) is 3.58. The summed E-state index contributed by atoms with van der Waals surface area (Å²) in [7, 11) is 0. The standard InChI is InChI=1S/C15H24N4OS/c1-15(2,3)12-6-11(7-13(18-12)19-16)14(20)17-8-10-4-5-21-9-10/h6-7,10H,4-5,8-9,16H2,1-3H3,(H,17,20)(H,18,19). The predicted molar refractivity (Wildman–Crippen MR) is 88.5 cm³/mol. The summed E-state index contributed by atoms with van der Waals surface area (Å²) in [6.45, 7) is 6.93. The Morgan fingerprint density at radius 3 is 2.81 bits per heavy atom. The lowest BCUT2D eigenvalue weighted by molar-refractivity contribution is 0.0948. The maximum absolute atomic E-state index is 12.3. The van der Waals surface area contributed by atoms with Gasteiger partial charge in [-0.25, -0.2) is 10.8 Å². The van der Waals surface area contributed by atoms with E-state index in [4.69, 9.17) is 5.84 Å². The molecule has 116 valence electrons. The Balaban J connectivity index is 2.11. The van der Waals surface area contributed by atoms with E-state index in [0.29, 0.717) is 17.3 Å². The molecule has 21 heavy (non-hydrogen) atoms. The summed E-state index contributed by atoms with van der Waals surface area (Å²) in [6.07, 6.45) is 1.18. The number of rotatable bonds is 4. The molecule has 2 heterocycles. The highest BCUT2D eigenvalue weighted by Gasteiger charge is 2.20. The van der Waals surface area contributed by atoms with Gasteiger partial charge in [-0.05, 0) is 36.0 Å². The molecule has 0 aliphatic carbocycles. The third-order valence-corrected chi connectivity index (χ3v) is 4.81.